The number of carbonyl (C=O) groups is 3. The zero-order valence-corrected chi connectivity index (χ0v) is 14.6. The SMILES string of the molecule is CC(=O)Nc1nc(C(=O)OCC(=O)Nc2ccc(C)cc2[N+](=O)[O-])cs1. The number of benzene rings is 1. The van der Waals surface area contributed by atoms with E-state index in [0.29, 0.717) is 5.56 Å². The number of rotatable bonds is 6. The van der Waals surface area contributed by atoms with Crippen LogP contribution in [0.15, 0.2) is 23.6 Å². The van der Waals surface area contributed by atoms with Crippen molar-refractivity contribution in [3.8, 4) is 0 Å². The van der Waals surface area contributed by atoms with Gasteiger partial charge in [0.2, 0.25) is 5.91 Å². The molecular formula is C15H14N4O6S. The summed E-state index contributed by atoms with van der Waals surface area (Å²) in [6.07, 6.45) is 0. The highest BCUT2D eigenvalue weighted by atomic mass is 32.1. The largest absolute Gasteiger partial charge is 0.451 e. The van der Waals surface area contributed by atoms with E-state index >= 15 is 0 Å². The topological polar surface area (TPSA) is 141 Å². The Kier molecular flexibility index (Phi) is 5.96. The number of thiazole rings is 1. The number of anilines is 2. The van der Waals surface area contributed by atoms with Crippen LogP contribution in [0.2, 0.25) is 0 Å². The predicted octanol–water partition coefficient (Wildman–Crippen LogP) is 2.11. The summed E-state index contributed by atoms with van der Waals surface area (Å²) >= 11 is 1.03. The normalized spacial score (nSPS) is 10.1. The number of ether oxygens (including phenoxy) is 1. The summed E-state index contributed by atoms with van der Waals surface area (Å²) in [6, 6.07) is 4.32. The molecule has 2 amide bonds. The minimum absolute atomic E-state index is 0.00301. The standard InChI is InChI=1S/C15H14N4O6S/c1-8-3-4-10(12(5-8)19(23)24)17-13(21)6-25-14(22)11-7-26-15(18-11)16-9(2)20/h3-5,7H,6H2,1-2H3,(H,17,21)(H,16,18,20). The van der Waals surface area contributed by atoms with Crippen molar-refractivity contribution in [2.75, 3.05) is 17.2 Å². The van der Waals surface area contributed by atoms with Gasteiger partial charge in [0.15, 0.2) is 17.4 Å². The lowest BCUT2D eigenvalue weighted by Crippen LogP contribution is -2.21. The number of hydrogen-bond acceptors (Lipinski definition) is 8. The molecule has 0 bridgehead atoms. The van der Waals surface area contributed by atoms with Crippen LogP contribution in [0.3, 0.4) is 0 Å². The molecule has 0 spiro atoms. The van der Waals surface area contributed by atoms with E-state index in [2.05, 4.69) is 15.6 Å². The molecule has 0 aliphatic heterocycles. The van der Waals surface area contributed by atoms with Gasteiger partial charge in [0, 0.05) is 18.4 Å². The van der Waals surface area contributed by atoms with Crippen LogP contribution in [0.25, 0.3) is 0 Å². The molecule has 0 aliphatic rings. The highest BCUT2D eigenvalue weighted by Gasteiger charge is 2.18. The lowest BCUT2D eigenvalue weighted by Gasteiger charge is -2.07. The summed E-state index contributed by atoms with van der Waals surface area (Å²) in [5.41, 5.74) is 0.347. The molecule has 11 heteroatoms. The van der Waals surface area contributed by atoms with Gasteiger partial charge in [-0.2, -0.15) is 0 Å². The monoisotopic (exact) mass is 378 g/mol. The molecule has 0 radical (unpaired) electrons. The number of carbonyl (C=O) groups excluding carboxylic acids is 3. The van der Waals surface area contributed by atoms with Gasteiger partial charge in [-0.05, 0) is 18.6 Å². The number of hydrogen-bond donors (Lipinski definition) is 2. The van der Waals surface area contributed by atoms with Crippen molar-refractivity contribution in [1.82, 2.24) is 4.98 Å². The van der Waals surface area contributed by atoms with Crippen LogP contribution >= 0.6 is 11.3 Å². The fourth-order valence-electron chi connectivity index (χ4n) is 1.87. The molecule has 0 unspecified atom stereocenters. The lowest BCUT2D eigenvalue weighted by atomic mass is 10.2. The Morgan fingerprint density at radius 3 is 2.69 bits per heavy atom. The Balaban J connectivity index is 1.94. The van der Waals surface area contributed by atoms with Crippen molar-refractivity contribution in [2.45, 2.75) is 13.8 Å². The minimum Gasteiger partial charge on any atom is -0.451 e. The van der Waals surface area contributed by atoms with Gasteiger partial charge in [-0.3, -0.25) is 19.7 Å². The van der Waals surface area contributed by atoms with Gasteiger partial charge in [-0.15, -0.1) is 11.3 Å². The van der Waals surface area contributed by atoms with Crippen molar-refractivity contribution in [2.24, 2.45) is 0 Å². The third-order valence-electron chi connectivity index (χ3n) is 2.95. The van der Waals surface area contributed by atoms with E-state index in [4.69, 9.17) is 4.74 Å². The number of esters is 1. The number of nitro groups is 1. The van der Waals surface area contributed by atoms with Crippen LogP contribution in [0.4, 0.5) is 16.5 Å². The van der Waals surface area contributed by atoms with Crippen molar-refractivity contribution in [3.05, 3.63) is 45.0 Å². The molecule has 136 valence electrons. The first-order chi connectivity index (χ1) is 12.3. The molecule has 1 aromatic heterocycles. The third kappa shape index (κ3) is 5.08. The van der Waals surface area contributed by atoms with Crippen LogP contribution in [0, 0.1) is 17.0 Å². The number of aryl methyl sites for hydroxylation is 1. The van der Waals surface area contributed by atoms with Crippen LogP contribution in [-0.2, 0) is 14.3 Å². The van der Waals surface area contributed by atoms with E-state index in [1.165, 1.54) is 24.4 Å². The Labute approximate surface area is 151 Å². The number of aromatic nitrogens is 1. The van der Waals surface area contributed by atoms with Gasteiger partial charge < -0.3 is 15.4 Å². The molecule has 1 aromatic carbocycles. The summed E-state index contributed by atoms with van der Waals surface area (Å²) in [5, 5.41) is 17.4. The average molecular weight is 378 g/mol. The van der Waals surface area contributed by atoms with Gasteiger partial charge >= 0.3 is 5.97 Å². The van der Waals surface area contributed by atoms with Crippen molar-refractivity contribution >= 4 is 45.6 Å². The highest BCUT2D eigenvalue weighted by Crippen LogP contribution is 2.25. The summed E-state index contributed by atoms with van der Waals surface area (Å²) in [6.45, 7) is 2.34. The average Bonchev–Trinajstić information content (AvgIpc) is 3.02. The smallest absolute Gasteiger partial charge is 0.358 e. The maximum Gasteiger partial charge on any atom is 0.358 e. The van der Waals surface area contributed by atoms with Crippen molar-refractivity contribution < 1.29 is 24.0 Å². The van der Waals surface area contributed by atoms with Crippen molar-refractivity contribution in [3.63, 3.8) is 0 Å². The Bertz CT molecular complexity index is 879. The molecule has 0 saturated carbocycles. The van der Waals surface area contributed by atoms with E-state index in [-0.39, 0.29) is 28.1 Å². The first-order valence-corrected chi connectivity index (χ1v) is 8.09. The fourth-order valence-corrected chi connectivity index (χ4v) is 2.59. The molecule has 2 aromatic rings. The summed E-state index contributed by atoms with van der Waals surface area (Å²) in [4.78, 5) is 48.9. The number of amides is 2. The predicted molar refractivity (Wildman–Crippen MR) is 93.2 cm³/mol. The molecule has 1 heterocycles. The molecule has 0 saturated heterocycles. The number of nitrogens with zero attached hydrogens (tertiary/aromatic N) is 2. The van der Waals surface area contributed by atoms with Gasteiger partial charge in [-0.25, -0.2) is 9.78 Å². The molecule has 0 atom stereocenters. The van der Waals surface area contributed by atoms with Crippen molar-refractivity contribution in [1.29, 1.82) is 0 Å². The van der Waals surface area contributed by atoms with Gasteiger partial charge in [-0.1, -0.05) is 6.07 Å². The second kappa shape index (κ2) is 8.16. The fraction of sp³-hybridized carbons (Fsp3) is 0.200. The molecule has 0 aliphatic carbocycles. The van der Waals surface area contributed by atoms with E-state index < -0.39 is 23.4 Å². The van der Waals surface area contributed by atoms with Crippen LogP contribution in [0.1, 0.15) is 23.0 Å². The summed E-state index contributed by atoms with van der Waals surface area (Å²) in [7, 11) is 0. The summed E-state index contributed by atoms with van der Waals surface area (Å²) in [5.74, 6) is -1.92. The number of nitro benzene ring substituents is 1. The second-order valence-corrected chi connectivity index (χ2v) is 5.98. The zero-order valence-electron chi connectivity index (χ0n) is 13.8. The third-order valence-corrected chi connectivity index (χ3v) is 3.71. The molecule has 2 N–H and O–H groups in total. The molecule has 2 rings (SSSR count). The maximum atomic E-state index is 11.9. The second-order valence-electron chi connectivity index (χ2n) is 5.12. The Hall–Kier alpha value is -3.34. The van der Waals surface area contributed by atoms with E-state index in [9.17, 15) is 24.5 Å². The van der Waals surface area contributed by atoms with Crippen LogP contribution in [-0.4, -0.2) is 34.3 Å². The summed E-state index contributed by atoms with van der Waals surface area (Å²) < 4.78 is 4.82. The molecular weight excluding hydrogens is 364 g/mol. The van der Waals surface area contributed by atoms with E-state index in [0.717, 1.165) is 11.3 Å². The zero-order chi connectivity index (χ0) is 19.3. The quantitative estimate of drug-likeness (QED) is 0.445. The van der Waals surface area contributed by atoms with E-state index in [1.807, 2.05) is 0 Å². The minimum atomic E-state index is -0.855. The first kappa shape index (κ1) is 19.0. The Morgan fingerprint density at radius 1 is 1.31 bits per heavy atom. The molecule has 26 heavy (non-hydrogen) atoms. The van der Waals surface area contributed by atoms with Gasteiger partial charge in [0.05, 0.1) is 4.92 Å². The Morgan fingerprint density at radius 2 is 2.04 bits per heavy atom. The highest BCUT2D eigenvalue weighted by molar-refractivity contribution is 7.14. The maximum absolute atomic E-state index is 11.9. The number of nitrogens with one attached hydrogen (secondary N) is 2. The molecule has 10 nitrogen and oxygen atoms in total. The van der Waals surface area contributed by atoms with Gasteiger partial charge in [0.25, 0.3) is 11.6 Å². The van der Waals surface area contributed by atoms with E-state index in [1.54, 1.807) is 13.0 Å². The first-order valence-electron chi connectivity index (χ1n) is 7.21. The molecule has 0 fully saturated rings. The van der Waals surface area contributed by atoms with Gasteiger partial charge in [0.1, 0.15) is 5.69 Å². The van der Waals surface area contributed by atoms with Crippen LogP contribution < -0.4 is 10.6 Å². The lowest BCUT2D eigenvalue weighted by molar-refractivity contribution is -0.384. The van der Waals surface area contributed by atoms with Crippen LogP contribution in [0.5, 0.6) is 0 Å².